The van der Waals surface area contributed by atoms with Crippen LogP contribution < -0.4 is 5.76 Å². The van der Waals surface area contributed by atoms with Crippen molar-refractivity contribution in [1.29, 1.82) is 0 Å². The summed E-state index contributed by atoms with van der Waals surface area (Å²) < 4.78 is 6.93. The number of halogens is 1. The molecular formula is C8H5BrN2O2. The van der Waals surface area contributed by atoms with Crippen molar-refractivity contribution >= 4 is 33.4 Å². The lowest BCUT2D eigenvalue weighted by Crippen LogP contribution is -2.07. The van der Waals surface area contributed by atoms with Gasteiger partial charge in [0.15, 0.2) is 11.2 Å². The summed E-state index contributed by atoms with van der Waals surface area (Å²) in [6.45, 7) is 3.49. The molecule has 13 heavy (non-hydrogen) atoms. The molecule has 2 heterocycles. The molecule has 0 bridgehead atoms. The number of rotatable bonds is 1. The van der Waals surface area contributed by atoms with Crippen LogP contribution in [-0.4, -0.2) is 9.55 Å². The lowest BCUT2D eigenvalue weighted by Gasteiger charge is -1.90. The van der Waals surface area contributed by atoms with E-state index in [2.05, 4.69) is 27.5 Å². The maximum atomic E-state index is 11.2. The van der Waals surface area contributed by atoms with Gasteiger partial charge in [-0.15, -0.1) is 0 Å². The number of hydrogen-bond acceptors (Lipinski definition) is 3. The first-order valence-corrected chi connectivity index (χ1v) is 4.31. The van der Waals surface area contributed by atoms with Crippen LogP contribution in [0.5, 0.6) is 0 Å². The highest BCUT2D eigenvalue weighted by Gasteiger charge is 2.07. The van der Waals surface area contributed by atoms with Crippen molar-refractivity contribution in [2.75, 3.05) is 0 Å². The van der Waals surface area contributed by atoms with Crippen LogP contribution in [0.1, 0.15) is 0 Å². The third-order valence-corrected chi connectivity index (χ3v) is 2.04. The molecule has 0 saturated heterocycles. The summed E-state index contributed by atoms with van der Waals surface area (Å²) in [6.07, 6.45) is 2.96. The molecule has 0 N–H and O–H groups in total. The number of fused-ring (bicyclic) bond motifs is 1. The number of nitrogens with zero attached hydrogens (tertiary/aromatic N) is 2. The molecule has 0 unspecified atom stereocenters. The summed E-state index contributed by atoms with van der Waals surface area (Å²) in [5.41, 5.74) is 0.919. The average molecular weight is 241 g/mol. The number of oxazole rings is 1. The Hall–Kier alpha value is -1.36. The molecule has 2 rings (SSSR count). The van der Waals surface area contributed by atoms with Crippen molar-refractivity contribution in [2.45, 2.75) is 0 Å². The molecule has 0 spiro atoms. The van der Waals surface area contributed by atoms with Gasteiger partial charge in [-0.05, 0) is 15.9 Å². The molecule has 2 aromatic rings. The van der Waals surface area contributed by atoms with Crippen LogP contribution in [0, 0.1) is 0 Å². The summed E-state index contributed by atoms with van der Waals surface area (Å²) >= 11 is 3.23. The predicted octanol–water partition coefficient (Wildman–Crippen LogP) is 1.85. The molecule has 0 aliphatic rings. The van der Waals surface area contributed by atoms with E-state index >= 15 is 0 Å². The van der Waals surface area contributed by atoms with Gasteiger partial charge in [-0.1, -0.05) is 6.58 Å². The Bertz CT molecular complexity index is 526. The Balaban J connectivity index is 2.94. The Morgan fingerprint density at radius 1 is 1.69 bits per heavy atom. The largest absolute Gasteiger partial charge is 0.425 e. The fraction of sp³-hybridized carbons (Fsp3) is 0. The number of aromatic nitrogens is 2. The quantitative estimate of drug-likeness (QED) is 0.765. The van der Waals surface area contributed by atoms with Gasteiger partial charge < -0.3 is 4.42 Å². The third-order valence-electron chi connectivity index (χ3n) is 1.60. The van der Waals surface area contributed by atoms with Gasteiger partial charge in [0.05, 0.1) is 0 Å². The minimum atomic E-state index is -0.476. The van der Waals surface area contributed by atoms with Crippen LogP contribution in [0.3, 0.4) is 0 Å². The van der Waals surface area contributed by atoms with Gasteiger partial charge in [-0.3, -0.25) is 0 Å². The van der Waals surface area contributed by atoms with Gasteiger partial charge in [-0.2, -0.15) is 0 Å². The normalized spacial score (nSPS) is 10.5. The van der Waals surface area contributed by atoms with Gasteiger partial charge in [-0.25, -0.2) is 14.3 Å². The molecule has 0 amide bonds. The van der Waals surface area contributed by atoms with Crippen LogP contribution in [0.15, 0.2) is 32.5 Å². The second kappa shape index (κ2) is 2.85. The zero-order chi connectivity index (χ0) is 9.42. The third kappa shape index (κ3) is 1.21. The summed E-state index contributed by atoms with van der Waals surface area (Å²) in [4.78, 5) is 15.2. The Labute approximate surface area is 81.6 Å². The maximum Gasteiger partial charge on any atom is 0.425 e. The molecule has 0 aliphatic carbocycles. The molecule has 0 fully saturated rings. The van der Waals surface area contributed by atoms with Gasteiger partial charge in [0, 0.05) is 22.9 Å². The van der Waals surface area contributed by atoms with Crippen LogP contribution in [0.4, 0.5) is 0 Å². The highest BCUT2D eigenvalue weighted by Crippen LogP contribution is 2.15. The van der Waals surface area contributed by atoms with E-state index in [4.69, 9.17) is 4.42 Å². The van der Waals surface area contributed by atoms with E-state index in [9.17, 15) is 4.79 Å². The highest BCUT2D eigenvalue weighted by molar-refractivity contribution is 9.10. The molecule has 0 aliphatic heterocycles. The standard InChI is InChI=1S/C8H5BrN2O2/c1-2-11-7-6(13-8(11)12)3-5(9)4-10-7/h2-4H,1H2. The maximum absolute atomic E-state index is 11.2. The van der Waals surface area contributed by atoms with E-state index in [0.29, 0.717) is 11.2 Å². The van der Waals surface area contributed by atoms with Gasteiger partial charge >= 0.3 is 5.76 Å². The second-order valence-electron chi connectivity index (χ2n) is 2.40. The fourth-order valence-corrected chi connectivity index (χ4v) is 1.37. The molecular weight excluding hydrogens is 236 g/mol. The van der Waals surface area contributed by atoms with E-state index in [1.165, 1.54) is 10.8 Å². The molecule has 0 aromatic carbocycles. The van der Waals surface area contributed by atoms with Gasteiger partial charge in [0.1, 0.15) is 0 Å². The minimum Gasteiger partial charge on any atom is -0.406 e. The first-order chi connectivity index (χ1) is 6.22. The van der Waals surface area contributed by atoms with Crippen molar-refractivity contribution in [3.05, 3.63) is 33.9 Å². The minimum absolute atomic E-state index is 0.444. The summed E-state index contributed by atoms with van der Waals surface area (Å²) in [6, 6.07) is 1.68. The van der Waals surface area contributed by atoms with Crippen LogP contribution in [0.2, 0.25) is 0 Å². The van der Waals surface area contributed by atoms with E-state index < -0.39 is 5.76 Å². The molecule has 5 heteroatoms. The molecule has 66 valence electrons. The van der Waals surface area contributed by atoms with Crippen molar-refractivity contribution < 1.29 is 4.42 Å². The summed E-state index contributed by atoms with van der Waals surface area (Å²) in [5, 5.41) is 0. The van der Waals surface area contributed by atoms with Crippen molar-refractivity contribution in [2.24, 2.45) is 0 Å². The average Bonchev–Trinajstić information content (AvgIpc) is 2.39. The molecule has 4 nitrogen and oxygen atoms in total. The zero-order valence-electron chi connectivity index (χ0n) is 6.53. The first kappa shape index (κ1) is 8.25. The van der Waals surface area contributed by atoms with E-state index in [1.54, 1.807) is 12.3 Å². The van der Waals surface area contributed by atoms with E-state index in [0.717, 1.165) is 4.47 Å². The number of hydrogen-bond donors (Lipinski definition) is 0. The summed E-state index contributed by atoms with van der Waals surface area (Å²) in [7, 11) is 0. The van der Waals surface area contributed by atoms with Crippen molar-refractivity contribution in [3.8, 4) is 0 Å². The molecule has 2 aromatic heterocycles. The highest BCUT2D eigenvalue weighted by atomic mass is 79.9. The fourth-order valence-electron chi connectivity index (χ4n) is 1.06. The van der Waals surface area contributed by atoms with E-state index in [1.807, 2.05) is 0 Å². The lowest BCUT2D eigenvalue weighted by molar-refractivity contribution is 0.544. The first-order valence-electron chi connectivity index (χ1n) is 3.51. The van der Waals surface area contributed by atoms with Gasteiger partial charge in [0.2, 0.25) is 0 Å². The lowest BCUT2D eigenvalue weighted by atomic mass is 10.4. The zero-order valence-corrected chi connectivity index (χ0v) is 8.11. The monoisotopic (exact) mass is 240 g/mol. The topological polar surface area (TPSA) is 48.0 Å². The Kier molecular flexibility index (Phi) is 1.81. The molecule has 0 radical (unpaired) electrons. The Morgan fingerprint density at radius 3 is 3.15 bits per heavy atom. The van der Waals surface area contributed by atoms with Crippen molar-refractivity contribution in [3.63, 3.8) is 0 Å². The number of pyridine rings is 1. The molecule has 0 atom stereocenters. The predicted molar refractivity (Wildman–Crippen MR) is 52.4 cm³/mol. The Morgan fingerprint density at radius 2 is 2.46 bits per heavy atom. The van der Waals surface area contributed by atoms with Crippen LogP contribution in [0.25, 0.3) is 17.4 Å². The molecule has 0 saturated carbocycles. The van der Waals surface area contributed by atoms with E-state index in [-0.39, 0.29) is 0 Å². The SMILES string of the molecule is C=Cn1c(=O)oc2cc(Br)cnc21. The van der Waals surface area contributed by atoms with Crippen LogP contribution in [-0.2, 0) is 0 Å². The van der Waals surface area contributed by atoms with Gasteiger partial charge in [0.25, 0.3) is 0 Å². The second-order valence-corrected chi connectivity index (χ2v) is 3.31. The smallest absolute Gasteiger partial charge is 0.406 e. The van der Waals surface area contributed by atoms with Crippen LogP contribution >= 0.6 is 15.9 Å². The summed E-state index contributed by atoms with van der Waals surface area (Å²) in [5.74, 6) is -0.476. The van der Waals surface area contributed by atoms with Crippen molar-refractivity contribution in [1.82, 2.24) is 9.55 Å².